The second-order valence-electron chi connectivity index (χ2n) is 4.37. The lowest BCUT2D eigenvalue weighted by Gasteiger charge is -2.02. The second kappa shape index (κ2) is 6.68. The minimum absolute atomic E-state index is 0.116. The van der Waals surface area contributed by atoms with Gasteiger partial charge in [-0.05, 0) is 0 Å². The fraction of sp³-hybridized carbons (Fsp3) is 0.364. The molecule has 114 valence electrons. The molecule has 0 saturated carbocycles. The molecule has 2 aromatic heterocycles. The van der Waals surface area contributed by atoms with Crippen molar-refractivity contribution in [1.82, 2.24) is 20.3 Å². The molecule has 0 atom stereocenters. The van der Waals surface area contributed by atoms with Crippen LogP contribution in [0.15, 0.2) is 17.9 Å². The van der Waals surface area contributed by atoms with Gasteiger partial charge in [-0.25, -0.2) is 18.4 Å². The fourth-order valence-corrected chi connectivity index (χ4v) is 3.14. The molecule has 0 fully saturated rings. The van der Waals surface area contributed by atoms with Crippen LogP contribution in [0.5, 0.6) is 0 Å². The first-order valence-corrected chi connectivity index (χ1v) is 8.85. The van der Waals surface area contributed by atoms with Crippen molar-refractivity contribution in [2.24, 2.45) is 0 Å². The monoisotopic (exact) mass is 329 g/mol. The van der Waals surface area contributed by atoms with E-state index in [4.69, 9.17) is 0 Å². The Labute approximate surface area is 126 Å². The minimum atomic E-state index is -3.34. The van der Waals surface area contributed by atoms with Gasteiger partial charge in [0.05, 0.1) is 24.7 Å². The number of hydrogen-bond donors (Lipinski definition) is 3. The summed E-state index contributed by atoms with van der Waals surface area (Å²) in [5.41, 5.74) is 1.48. The van der Waals surface area contributed by atoms with Crippen LogP contribution in [0.2, 0.25) is 0 Å². The number of rotatable bonds is 7. The lowest BCUT2D eigenvalue weighted by molar-refractivity contribution is -0.120. The van der Waals surface area contributed by atoms with E-state index in [9.17, 15) is 13.2 Å². The minimum Gasteiger partial charge on any atom is -0.355 e. The predicted octanol–water partition coefficient (Wildman–Crippen LogP) is 0.139. The van der Waals surface area contributed by atoms with E-state index in [0.717, 1.165) is 23.3 Å². The maximum absolute atomic E-state index is 11.7. The Hall–Kier alpha value is -1.94. The third kappa shape index (κ3) is 5.52. The van der Waals surface area contributed by atoms with E-state index < -0.39 is 10.0 Å². The highest BCUT2D eigenvalue weighted by Gasteiger charge is 2.10. The number of imidazole rings is 1. The van der Waals surface area contributed by atoms with Crippen LogP contribution in [0.1, 0.15) is 11.4 Å². The summed E-state index contributed by atoms with van der Waals surface area (Å²) in [6, 6.07) is 0. The maximum Gasteiger partial charge on any atom is 0.231 e. The van der Waals surface area contributed by atoms with E-state index in [1.165, 1.54) is 0 Å². The van der Waals surface area contributed by atoms with Gasteiger partial charge in [0.2, 0.25) is 15.9 Å². The maximum atomic E-state index is 11.7. The molecule has 21 heavy (non-hydrogen) atoms. The molecule has 0 unspecified atom stereocenters. The van der Waals surface area contributed by atoms with Crippen molar-refractivity contribution in [3.8, 4) is 0 Å². The molecule has 0 bridgehead atoms. The highest BCUT2D eigenvalue weighted by atomic mass is 32.2. The fourth-order valence-electron chi connectivity index (χ4n) is 1.58. The van der Waals surface area contributed by atoms with Gasteiger partial charge in [0.15, 0.2) is 5.13 Å². The summed E-state index contributed by atoms with van der Waals surface area (Å²) >= 11 is 1.15. The van der Waals surface area contributed by atoms with Gasteiger partial charge in [0.1, 0.15) is 0 Å². The summed E-state index contributed by atoms with van der Waals surface area (Å²) < 4.78 is 24.4. The van der Waals surface area contributed by atoms with Gasteiger partial charge in [0.25, 0.3) is 0 Å². The summed E-state index contributed by atoms with van der Waals surface area (Å²) in [5.74, 6) is -0.161. The third-order valence-corrected chi connectivity index (χ3v) is 3.94. The summed E-state index contributed by atoms with van der Waals surface area (Å²) in [6.07, 6.45) is 5.13. The Morgan fingerprint density at radius 1 is 1.48 bits per heavy atom. The summed E-state index contributed by atoms with van der Waals surface area (Å²) in [4.78, 5) is 22.6. The number of carbonyl (C=O) groups is 1. The molecular weight excluding hydrogens is 314 g/mol. The Kier molecular flexibility index (Phi) is 4.91. The highest BCUT2D eigenvalue weighted by Crippen LogP contribution is 2.16. The van der Waals surface area contributed by atoms with Crippen molar-refractivity contribution in [1.29, 1.82) is 0 Å². The Balaban J connectivity index is 1.77. The number of carbonyl (C=O) groups excluding carboxylic acids is 1. The van der Waals surface area contributed by atoms with Crippen molar-refractivity contribution in [3.63, 3.8) is 0 Å². The molecular formula is C11H15N5O3S2. The van der Waals surface area contributed by atoms with E-state index in [2.05, 4.69) is 25.0 Å². The number of aromatic nitrogens is 3. The molecule has 0 aliphatic carbocycles. The average molecular weight is 329 g/mol. The zero-order valence-electron chi connectivity index (χ0n) is 11.3. The zero-order chi connectivity index (χ0) is 15.3. The molecule has 2 heterocycles. The quantitative estimate of drug-likeness (QED) is 0.668. The number of thiazole rings is 1. The molecule has 0 spiro atoms. The molecule has 0 saturated heterocycles. The van der Waals surface area contributed by atoms with Crippen LogP contribution in [0.3, 0.4) is 0 Å². The van der Waals surface area contributed by atoms with Gasteiger partial charge < -0.3 is 10.3 Å². The normalized spacial score (nSPS) is 11.3. The number of amides is 1. The number of nitrogens with zero attached hydrogens (tertiary/aromatic N) is 2. The zero-order valence-corrected chi connectivity index (χ0v) is 12.9. The molecule has 0 aliphatic rings. The van der Waals surface area contributed by atoms with Crippen molar-refractivity contribution >= 4 is 32.4 Å². The smallest absolute Gasteiger partial charge is 0.231 e. The van der Waals surface area contributed by atoms with E-state index >= 15 is 0 Å². The molecule has 1 amide bonds. The largest absolute Gasteiger partial charge is 0.355 e. The van der Waals surface area contributed by atoms with E-state index in [1.54, 1.807) is 17.9 Å². The molecule has 2 rings (SSSR count). The number of anilines is 1. The molecule has 0 aromatic carbocycles. The van der Waals surface area contributed by atoms with E-state index in [-0.39, 0.29) is 17.5 Å². The molecule has 3 N–H and O–H groups in total. The van der Waals surface area contributed by atoms with Crippen LogP contribution in [0, 0.1) is 0 Å². The van der Waals surface area contributed by atoms with Gasteiger partial charge >= 0.3 is 0 Å². The summed E-state index contributed by atoms with van der Waals surface area (Å²) in [6.45, 7) is 0.500. The summed E-state index contributed by atoms with van der Waals surface area (Å²) in [7, 11) is -3.34. The van der Waals surface area contributed by atoms with Crippen LogP contribution in [0.25, 0.3) is 0 Å². The van der Waals surface area contributed by atoms with Crippen LogP contribution in [-0.2, 0) is 27.7 Å². The first-order valence-electron chi connectivity index (χ1n) is 6.08. The van der Waals surface area contributed by atoms with Gasteiger partial charge in [-0.3, -0.25) is 9.52 Å². The van der Waals surface area contributed by atoms with Crippen molar-refractivity contribution in [3.05, 3.63) is 29.3 Å². The van der Waals surface area contributed by atoms with Crippen molar-refractivity contribution < 1.29 is 13.2 Å². The number of hydrogen-bond acceptors (Lipinski definition) is 6. The lowest BCUT2D eigenvalue weighted by atomic mass is 10.3. The SMILES string of the molecule is CS(=O)(=O)Nc1nc(CC(=O)NCCc2cnc[nH]2)cs1. The van der Waals surface area contributed by atoms with Gasteiger partial charge in [0, 0.05) is 30.2 Å². The topological polar surface area (TPSA) is 117 Å². The van der Waals surface area contributed by atoms with E-state index in [0.29, 0.717) is 18.7 Å². The molecule has 0 aliphatic heterocycles. The Bertz CT molecular complexity index is 693. The van der Waals surface area contributed by atoms with Crippen molar-refractivity contribution in [2.75, 3.05) is 17.5 Å². The number of aromatic amines is 1. The number of sulfonamides is 1. The Morgan fingerprint density at radius 3 is 2.95 bits per heavy atom. The van der Waals surface area contributed by atoms with Crippen LogP contribution >= 0.6 is 11.3 Å². The molecule has 0 radical (unpaired) electrons. The van der Waals surface area contributed by atoms with Crippen LogP contribution in [-0.4, -0.2) is 42.1 Å². The van der Waals surface area contributed by atoms with E-state index in [1.807, 2.05) is 0 Å². The van der Waals surface area contributed by atoms with Gasteiger partial charge in [-0.15, -0.1) is 11.3 Å². The van der Waals surface area contributed by atoms with Crippen LogP contribution < -0.4 is 10.0 Å². The third-order valence-electron chi connectivity index (χ3n) is 2.44. The number of nitrogens with one attached hydrogen (secondary N) is 3. The Morgan fingerprint density at radius 2 is 2.29 bits per heavy atom. The predicted molar refractivity (Wildman–Crippen MR) is 79.6 cm³/mol. The first-order chi connectivity index (χ1) is 9.92. The highest BCUT2D eigenvalue weighted by molar-refractivity contribution is 7.92. The lowest BCUT2D eigenvalue weighted by Crippen LogP contribution is -2.27. The van der Waals surface area contributed by atoms with Gasteiger partial charge in [-0.1, -0.05) is 0 Å². The first kappa shape index (κ1) is 15.4. The van der Waals surface area contributed by atoms with Gasteiger partial charge in [-0.2, -0.15) is 0 Å². The second-order valence-corrected chi connectivity index (χ2v) is 6.98. The standard InChI is InChI=1S/C11H15N5O3S2/c1-21(18,19)16-11-15-9(6-20-11)4-10(17)13-3-2-8-5-12-7-14-8/h5-7H,2-4H2,1H3,(H,12,14)(H,13,17)(H,15,16). The van der Waals surface area contributed by atoms with Crippen LogP contribution in [0.4, 0.5) is 5.13 Å². The average Bonchev–Trinajstić information content (AvgIpc) is 2.99. The summed E-state index contributed by atoms with van der Waals surface area (Å²) in [5, 5.41) is 4.68. The molecule has 8 nitrogen and oxygen atoms in total. The molecule has 10 heteroatoms. The molecule has 2 aromatic rings. The number of H-pyrrole nitrogens is 1. The van der Waals surface area contributed by atoms with Crippen molar-refractivity contribution in [2.45, 2.75) is 12.8 Å².